The summed E-state index contributed by atoms with van der Waals surface area (Å²) in [4.78, 5) is 0. The number of hydrogen-bond donors (Lipinski definition) is 1. The average molecular weight is 241 g/mol. The fraction of sp³-hybridized carbons (Fsp3) is 1.00. The lowest BCUT2D eigenvalue weighted by molar-refractivity contribution is -0.172. The zero-order chi connectivity index (χ0) is 12.5. The van der Waals surface area contributed by atoms with Crippen molar-refractivity contribution in [3.63, 3.8) is 0 Å². The van der Waals surface area contributed by atoms with Crippen molar-refractivity contribution in [1.29, 1.82) is 0 Å². The molecule has 2 heterocycles. The molecular formula is C14H27NO2. The van der Waals surface area contributed by atoms with Gasteiger partial charge in [0.15, 0.2) is 0 Å². The van der Waals surface area contributed by atoms with Gasteiger partial charge in [-0.3, -0.25) is 0 Å². The molecule has 1 spiro atoms. The average Bonchev–Trinajstić information content (AvgIpc) is 2.54. The van der Waals surface area contributed by atoms with E-state index < -0.39 is 0 Å². The molecule has 3 nitrogen and oxygen atoms in total. The van der Waals surface area contributed by atoms with Gasteiger partial charge in [-0.15, -0.1) is 0 Å². The molecule has 0 bridgehead atoms. The Morgan fingerprint density at radius 1 is 1.24 bits per heavy atom. The second-order valence-corrected chi connectivity index (χ2v) is 6.32. The number of hydrogen-bond acceptors (Lipinski definition) is 3. The number of rotatable bonds is 3. The summed E-state index contributed by atoms with van der Waals surface area (Å²) in [5.74, 6) is 0.751. The third kappa shape index (κ3) is 2.38. The predicted octanol–water partition coefficient (Wildman–Crippen LogP) is 2.35. The number of morpholine rings is 1. The van der Waals surface area contributed by atoms with Gasteiger partial charge in [-0.05, 0) is 32.6 Å². The van der Waals surface area contributed by atoms with Crippen LogP contribution in [0.15, 0.2) is 0 Å². The van der Waals surface area contributed by atoms with E-state index in [0.29, 0.717) is 6.04 Å². The topological polar surface area (TPSA) is 30.5 Å². The highest BCUT2D eigenvalue weighted by atomic mass is 16.6. The minimum Gasteiger partial charge on any atom is -0.372 e. The molecule has 2 aliphatic rings. The lowest BCUT2D eigenvalue weighted by Gasteiger charge is -2.48. The first-order chi connectivity index (χ1) is 7.98. The van der Waals surface area contributed by atoms with Gasteiger partial charge in [-0.25, -0.2) is 0 Å². The van der Waals surface area contributed by atoms with E-state index in [2.05, 4.69) is 33.0 Å². The van der Waals surface area contributed by atoms with Crippen molar-refractivity contribution in [2.24, 2.45) is 5.92 Å². The van der Waals surface area contributed by atoms with Gasteiger partial charge in [0.05, 0.1) is 18.8 Å². The fourth-order valence-electron chi connectivity index (χ4n) is 3.29. The smallest absolute Gasteiger partial charge is 0.114 e. The summed E-state index contributed by atoms with van der Waals surface area (Å²) in [6.07, 6.45) is 3.46. The minimum absolute atomic E-state index is 0.111. The molecule has 2 atom stereocenters. The Hall–Kier alpha value is -0.120. The summed E-state index contributed by atoms with van der Waals surface area (Å²) in [5, 5.41) is 3.66. The Labute approximate surface area is 105 Å². The first-order valence-electron chi connectivity index (χ1n) is 6.99. The molecule has 17 heavy (non-hydrogen) atoms. The molecule has 0 radical (unpaired) electrons. The van der Waals surface area contributed by atoms with E-state index in [9.17, 15) is 0 Å². The van der Waals surface area contributed by atoms with Gasteiger partial charge in [-0.2, -0.15) is 0 Å². The Balaban J connectivity index is 2.11. The molecule has 100 valence electrons. The van der Waals surface area contributed by atoms with E-state index in [1.807, 2.05) is 0 Å². The number of ether oxygens (including phenoxy) is 2. The van der Waals surface area contributed by atoms with Crippen LogP contribution in [0.3, 0.4) is 0 Å². The fourth-order valence-corrected chi connectivity index (χ4v) is 3.29. The minimum atomic E-state index is -0.165. The molecular weight excluding hydrogens is 214 g/mol. The van der Waals surface area contributed by atoms with Gasteiger partial charge >= 0.3 is 0 Å². The molecule has 0 saturated carbocycles. The zero-order valence-electron chi connectivity index (χ0n) is 11.7. The third-order valence-electron chi connectivity index (χ3n) is 4.40. The largest absolute Gasteiger partial charge is 0.372 e. The maximum absolute atomic E-state index is 6.20. The van der Waals surface area contributed by atoms with Crippen LogP contribution in [0.2, 0.25) is 0 Å². The summed E-state index contributed by atoms with van der Waals surface area (Å²) >= 11 is 0. The molecule has 2 saturated heterocycles. The van der Waals surface area contributed by atoms with E-state index in [0.717, 1.165) is 32.1 Å². The molecule has 2 fully saturated rings. The van der Waals surface area contributed by atoms with Crippen LogP contribution in [0.1, 0.15) is 47.0 Å². The van der Waals surface area contributed by atoms with Crippen molar-refractivity contribution >= 4 is 0 Å². The summed E-state index contributed by atoms with van der Waals surface area (Å²) in [5.41, 5.74) is -0.276. The summed E-state index contributed by atoms with van der Waals surface area (Å²) in [7, 11) is 0. The van der Waals surface area contributed by atoms with Crippen molar-refractivity contribution in [3.05, 3.63) is 0 Å². The standard InChI is InChI=1S/C14H27NO2/c1-11(2)5-6-12-14(17-10-8-15-12)7-9-16-13(14,3)4/h11-12,15H,5-10H2,1-4H3. The van der Waals surface area contributed by atoms with Gasteiger partial charge < -0.3 is 14.8 Å². The number of nitrogens with one attached hydrogen (secondary N) is 1. The Bertz CT molecular complexity index is 265. The van der Waals surface area contributed by atoms with Gasteiger partial charge in [0.1, 0.15) is 5.60 Å². The van der Waals surface area contributed by atoms with Crippen molar-refractivity contribution < 1.29 is 9.47 Å². The van der Waals surface area contributed by atoms with E-state index in [1.165, 1.54) is 12.8 Å². The van der Waals surface area contributed by atoms with Gasteiger partial charge in [0.2, 0.25) is 0 Å². The van der Waals surface area contributed by atoms with E-state index in [4.69, 9.17) is 9.47 Å². The highest BCUT2D eigenvalue weighted by molar-refractivity contribution is 5.09. The second-order valence-electron chi connectivity index (χ2n) is 6.32. The highest BCUT2D eigenvalue weighted by Gasteiger charge is 2.57. The van der Waals surface area contributed by atoms with E-state index in [1.54, 1.807) is 0 Å². The maximum Gasteiger partial charge on any atom is 0.114 e. The van der Waals surface area contributed by atoms with Crippen molar-refractivity contribution in [2.75, 3.05) is 19.8 Å². The molecule has 2 unspecified atom stereocenters. The monoisotopic (exact) mass is 241 g/mol. The first kappa shape index (κ1) is 13.3. The van der Waals surface area contributed by atoms with Gasteiger partial charge in [0, 0.05) is 19.0 Å². The van der Waals surface area contributed by atoms with Gasteiger partial charge in [0.25, 0.3) is 0 Å². The third-order valence-corrected chi connectivity index (χ3v) is 4.40. The molecule has 0 aromatic rings. The van der Waals surface area contributed by atoms with Crippen molar-refractivity contribution in [2.45, 2.75) is 64.2 Å². The first-order valence-corrected chi connectivity index (χ1v) is 6.99. The lowest BCUT2D eigenvalue weighted by Crippen LogP contribution is -2.65. The zero-order valence-corrected chi connectivity index (χ0v) is 11.7. The summed E-state index contributed by atoms with van der Waals surface area (Å²) < 4.78 is 12.1. The van der Waals surface area contributed by atoms with Crippen LogP contribution >= 0.6 is 0 Å². The van der Waals surface area contributed by atoms with Crippen LogP contribution in [0.4, 0.5) is 0 Å². The van der Waals surface area contributed by atoms with Crippen LogP contribution in [0, 0.1) is 5.92 Å². The van der Waals surface area contributed by atoms with Crippen LogP contribution < -0.4 is 5.32 Å². The Morgan fingerprint density at radius 3 is 2.59 bits per heavy atom. The van der Waals surface area contributed by atoms with Crippen LogP contribution in [0.5, 0.6) is 0 Å². The van der Waals surface area contributed by atoms with E-state index >= 15 is 0 Å². The second kappa shape index (κ2) is 4.87. The Morgan fingerprint density at radius 2 is 2.00 bits per heavy atom. The normalized spacial score (nSPS) is 36.9. The van der Waals surface area contributed by atoms with Crippen molar-refractivity contribution in [1.82, 2.24) is 5.32 Å². The summed E-state index contributed by atoms with van der Waals surface area (Å²) in [6, 6.07) is 0.441. The highest BCUT2D eigenvalue weighted by Crippen LogP contribution is 2.43. The van der Waals surface area contributed by atoms with Gasteiger partial charge in [-0.1, -0.05) is 13.8 Å². The van der Waals surface area contributed by atoms with Crippen LogP contribution in [-0.4, -0.2) is 37.0 Å². The molecule has 0 amide bonds. The van der Waals surface area contributed by atoms with E-state index in [-0.39, 0.29) is 11.2 Å². The summed E-state index contributed by atoms with van der Waals surface area (Å²) in [6.45, 7) is 11.5. The quantitative estimate of drug-likeness (QED) is 0.822. The maximum atomic E-state index is 6.20. The van der Waals surface area contributed by atoms with Crippen LogP contribution in [-0.2, 0) is 9.47 Å². The Kier molecular flexibility index (Phi) is 3.81. The van der Waals surface area contributed by atoms with Crippen molar-refractivity contribution in [3.8, 4) is 0 Å². The SMILES string of the molecule is CC(C)CCC1NCCOC12CCOC2(C)C. The molecule has 2 aliphatic heterocycles. The lowest BCUT2D eigenvalue weighted by atomic mass is 9.76. The molecule has 0 aliphatic carbocycles. The predicted molar refractivity (Wildman–Crippen MR) is 69.2 cm³/mol. The molecule has 0 aromatic heterocycles. The molecule has 0 aromatic carbocycles. The molecule has 3 heteroatoms. The van der Waals surface area contributed by atoms with Crippen LogP contribution in [0.25, 0.3) is 0 Å². The molecule has 2 rings (SSSR count). The molecule has 1 N–H and O–H groups in total.